The molecule has 3 aromatic rings. The molecule has 1 N–H and O–H groups in total. The van der Waals surface area contributed by atoms with Crippen LogP contribution in [-0.2, 0) is 23.1 Å². The molecule has 1 saturated heterocycles. The van der Waals surface area contributed by atoms with E-state index in [1.165, 1.54) is 16.7 Å². The molecule has 1 saturated carbocycles. The number of likely N-dealkylation sites (tertiary alicyclic amines) is 1. The van der Waals surface area contributed by atoms with Gasteiger partial charge >= 0.3 is 0 Å². The van der Waals surface area contributed by atoms with Crippen molar-refractivity contribution in [3.8, 4) is 11.5 Å². The first-order valence-corrected chi connectivity index (χ1v) is 15.6. The molecule has 7 rings (SSSR count). The highest BCUT2D eigenvalue weighted by atomic mass is 79.9. The summed E-state index contributed by atoms with van der Waals surface area (Å²) in [6, 6.07) is 17.1. The Morgan fingerprint density at radius 1 is 1.26 bits per heavy atom. The number of phenols is 1. The van der Waals surface area contributed by atoms with Gasteiger partial charge in [-0.15, -0.1) is 11.3 Å². The van der Waals surface area contributed by atoms with Gasteiger partial charge in [-0.1, -0.05) is 36.4 Å². The third kappa shape index (κ3) is 4.08. The van der Waals surface area contributed by atoms with Gasteiger partial charge in [0, 0.05) is 51.4 Å². The van der Waals surface area contributed by atoms with Gasteiger partial charge in [-0.3, -0.25) is 9.69 Å². The number of hydrogen-bond acceptors (Lipinski definition) is 5. The van der Waals surface area contributed by atoms with Gasteiger partial charge in [0.1, 0.15) is 6.10 Å². The number of carbonyl (C=O) groups is 1. The molecule has 5 atom stereocenters. The Balaban J connectivity index is 1.19. The summed E-state index contributed by atoms with van der Waals surface area (Å²) in [5.41, 5.74) is 3.78. The topological polar surface area (TPSA) is 53.0 Å². The number of benzene rings is 2. The van der Waals surface area contributed by atoms with Crippen molar-refractivity contribution in [3.05, 3.63) is 86.0 Å². The summed E-state index contributed by atoms with van der Waals surface area (Å²) in [6.45, 7) is 2.07. The molecule has 1 aromatic heterocycles. The Bertz CT molecular complexity index is 1440. The molecule has 5 nitrogen and oxygen atoms in total. The van der Waals surface area contributed by atoms with Gasteiger partial charge in [0.2, 0.25) is 5.91 Å². The highest BCUT2D eigenvalue weighted by Gasteiger charge is 2.66. The van der Waals surface area contributed by atoms with Crippen LogP contribution < -0.4 is 4.74 Å². The van der Waals surface area contributed by atoms with Crippen LogP contribution in [-0.4, -0.2) is 59.1 Å². The van der Waals surface area contributed by atoms with E-state index >= 15 is 0 Å². The fourth-order valence-corrected chi connectivity index (χ4v) is 9.38. The number of thiophene rings is 1. The molecule has 0 radical (unpaired) electrons. The second kappa shape index (κ2) is 9.79. The van der Waals surface area contributed by atoms with E-state index in [0.717, 1.165) is 54.5 Å². The van der Waals surface area contributed by atoms with E-state index in [0.29, 0.717) is 17.7 Å². The van der Waals surface area contributed by atoms with E-state index in [9.17, 15) is 9.90 Å². The normalized spacial score (nSPS) is 28.8. The zero-order valence-electron chi connectivity index (χ0n) is 22.1. The number of phenolic OH excluding ortho intramolecular Hbond substituents is 1. The van der Waals surface area contributed by atoms with Crippen molar-refractivity contribution in [2.45, 2.75) is 55.7 Å². The number of rotatable bonds is 6. The number of likely N-dealkylation sites (N-methyl/N-ethyl adjacent to an activating group) is 1. The van der Waals surface area contributed by atoms with Gasteiger partial charge < -0.3 is 14.7 Å². The van der Waals surface area contributed by atoms with E-state index in [2.05, 4.69) is 57.2 Å². The van der Waals surface area contributed by atoms with E-state index < -0.39 is 0 Å². The maximum Gasteiger partial charge on any atom is 0.246 e. The minimum Gasteiger partial charge on any atom is -0.504 e. The first-order chi connectivity index (χ1) is 19.0. The number of piperidine rings is 1. The molecule has 2 aliphatic carbocycles. The van der Waals surface area contributed by atoms with Crippen LogP contribution in [0.4, 0.5) is 0 Å². The van der Waals surface area contributed by atoms with E-state index in [-0.39, 0.29) is 29.2 Å². The van der Waals surface area contributed by atoms with Crippen LogP contribution in [0.2, 0.25) is 0 Å². The number of halogens is 1. The van der Waals surface area contributed by atoms with Crippen molar-refractivity contribution >= 4 is 39.2 Å². The molecule has 1 amide bonds. The number of carbonyl (C=O) groups excluding carboxylic acids is 1. The Kier molecular flexibility index (Phi) is 6.37. The van der Waals surface area contributed by atoms with Crippen LogP contribution in [0.25, 0.3) is 6.08 Å². The van der Waals surface area contributed by atoms with Crippen LogP contribution in [0, 0.1) is 5.92 Å². The quantitative estimate of drug-likeness (QED) is 0.349. The molecule has 2 aromatic carbocycles. The molecule has 4 aliphatic rings. The van der Waals surface area contributed by atoms with Gasteiger partial charge in [-0.05, 0) is 89.8 Å². The fourth-order valence-electron chi connectivity index (χ4n) is 8.04. The highest BCUT2D eigenvalue weighted by Crippen LogP contribution is 2.64. The minimum absolute atomic E-state index is 0.00368. The molecule has 1 spiro atoms. The summed E-state index contributed by atoms with van der Waals surface area (Å²) < 4.78 is 7.76. The van der Waals surface area contributed by atoms with Gasteiger partial charge in [0.15, 0.2) is 11.5 Å². The lowest BCUT2D eigenvalue weighted by atomic mass is 9.51. The van der Waals surface area contributed by atoms with Crippen molar-refractivity contribution in [3.63, 3.8) is 0 Å². The number of aromatic hydroxyl groups is 1. The Hall–Kier alpha value is -2.61. The smallest absolute Gasteiger partial charge is 0.246 e. The molecule has 7 heteroatoms. The highest BCUT2D eigenvalue weighted by molar-refractivity contribution is 9.10. The predicted molar refractivity (Wildman–Crippen MR) is 158 cm³/mol. The van der Waals surface area contributed by atoms with Crippen LogP contribution >= 0.6 is 27.3 Å². The number of hydrogen-bond donors (Lipinski definition) is 1. The summed E-state index contributed by atoms with van der Waals surface area (Å²) in [5, 5.41) is 12.9. The average molecular weight is 606 g/mol. The van der Waals surface area contributed by atoms with Gasteiger partial charge in [0.05, 0.1) is 6.04 Å². The average Bonchev–Trinajstić information content (AvgIpc) is 3.53. The lowest BCUT2D eigenvalue weighted by Crippen LogP contribution is -2.69. The zero-order valence-corrected chi connectivity index (χ0v) is 24.5. The largest absolute Gasteiger partial charge is 0.504 e. The third-order valence-corrected chi connectivity index (χ3v) is 11.4. The summed E-state index contributed by atoms with van der Waals surface area (Å²) >= 11 is 5.10. The second-order valence-electron chi connectivity index (χ2n) is 11.5. The van der Waals surface area contributed by atoms with Crippen LogP contribution in [0.15, 0.2) is 64.5 Å². The molecule has 2 fully saturated rings. The monoisotopic (exact) mass is 604 g/mol. The third-order valence-electron chi connectivity index (χ3n) is 9.75. The zero-order chi connectivity index (χ0) is 26.7. The van der Waals surface area contributed by atoms with Crippen LogP contribution in [0.1, 0.15) is 40.8 Å². The predicted octanol–water partition coefficient (Wildman–Crippen LogP) is 6.04. The lowest BCUT2D eigenvalue weighted by molar-refractivity contribution is -0.135. The van der Waals surface area contributed by atoms with Crippen molar-refractivity contribution in [1.82, 2.24) is 9.80 Å². The summed E-state index contributed by atoms with van der Waals surface area (Å²) in [4.78, 5) is 19.0. The first-order valence-electron chi connectivity index (χ1n) is 13.9. The van der Waals surface area contributed by atoms with E-state index in [4.69, 9.17) is 4.74 Å². The first kappa shape index (κ1) is 25.4. The van der Waals surface area contributed by atoms with Gasteiger partial charge in [-0.2, -0.15) is 0 Å². The second-order valence-corrected chi connectivity index (χ2v) is 13.4. The molecule has 3 heterocycles. The lowest BCUT2D eigenvalue weighted by Gasteiger charge is -2.60. The summed E-state index contributed by atoms with van der Waals surface area (Å²) in [5.74, 6) is 1.36. The standard InChI is InChI=1S/C32H33BrN2O3S/c1-34(28(37)12-8-23-18-22(33)19-39-23)25-10-9-24-26-17-21-7-11-27(36)30-29(21)32(24,31(25)38-30)14-16-35(26)15-13-20-5-3-2-4-6-20/h2-8,11-12,18-19,24-26,31,36H,9-10,13-17H2,1H3/b12-8+/t24-,25+,26+,31-,32-/m0/s1. The summed E-state index contributed by atoms with van der Waals surface area (Å²) in [6.07, 6.45) is 8.45. The van der Waals surface area contributed by atoms with Crippen molar-refractivity contribution in [2.24, 2.45) is 5.92 Å². The van der Waals surface area contributed by atoms with Crippen molar-refractivity contribution < 1.29 is 14.6 Å². The van der Waals surface area contributed by atoms with Crippen molar-refractivity contribution in [2.75, 3.05) is 20.1 Å². The SMILES string of the molecule is CN(C(=O)/C=C/c1cc(Br)cs1)[C@@H]1CC[C@H]2[C@H]3Cc4ccc(O)c5c4[C@@]2(CCN3CCc2ccccc2)[C@H]1O5. The van der Waals surface area contributed by atoms with Crippen LogP contribution in [0.3, 0.4) is 0 Å². The van der Waals surface area contributed by atoms with Crippen LogP contribution in [0.5, 0.6) is 11.5 Å². The maximum absolute atomic E-state index is 13.4. The molecule has 202 valence electrons. The van der Waals surface area contributed by atoms with Crippen molar-refractivity contribution in [1.29, 1.82) is 0 Å². The Labute approximate surface area is 242 Å². The van der Waals surface area contributed by atoms with E-state index in [1.54, 1.807) is 23.5 Å². The van der Waals surface area contributed by atoms with Gasteiger partial charge in [0.25, 0.3) is 0 Å². The molecular formula is C32H33BrN2O3S. The molecule has 0 unspecified atom stereocenters. The number of nitrogens with zero attached hydrogens (tertiary/aromatic N) is 2. The fraction of sp³-hybridized carbons (Fsp3) is 0.406. The molecule has 2 bridgehead atoms. The number of ether oxygens (including phenoxy) is 1. The Morgan fingerprint density at radius 3 is 2.90 bits per heavy atom. The Morgan fingerprint density at radius 2 is 2.10 bits per heavy atom. The van der Waals surface area contributed by atoms with Gasteiger partial charge in [-0.25, -0.2) is 0 Å². The molecule has 2 aliphatic heterocycles. The maximum atomic E-state index is 13.4. The van der Waals surface area contributed by atoms with E-state index in [1.807, 2.05) is 29.5 Å². The minimum atomic E-state index is -0.157. The molecule has 39 heavy (non-hydrogen) atoms. The summed E-state index contributed by atoms with van der Waals surface area (Å²) in [7, 11) is 1.92. The molecular weight excluding hydrogens is 572 g/mol. The number of amides is 1.